The quantitative estimate of drug-likeness (QED) is 0.802. The number of benzene rings is 1. The molecule has 1 aliphatic heterocycles. The Morgan fingerprint density at radius 2 is 1.87 bits per heavy atom. The summed E-state index contributed by atoms with van der Waals surface area (Å²) in [5.74, 6) is -0.00139. The maximum atomic E-state index is 12.7. The summed E-state index contributed by atoms with van der Waals surface area (Å²) in [6, 6.07) is 7.89. The number of ketones is 1. The fraction of sp³-hybridized carbons (Fsp3) is 0.579. The molecule has 1 fully saturated rings. The molecule has 4 heteroatoms. The van der Waals surface area contributed by atoms with Gasteiger partial charge in [0.15, 0.2) is 5.78 Å². The Labute approximate surface area is 138 Å². The predicted octanol–water partition coefficient (Wildman–Crippen LogP) is 3.05. The molecule has 0 radical (unpaired) electrons. The minimum Gasteiger partial charge on any atom is -0.375 e. The highest BCUT2D eigenvalue weighted by atomic mass is 16.5. The lowest BCUT2D eigenvalue weighted by atomic mass is 9.85. The van der Waals surface area contributed by atoms with Crippen LogP contribution in [0.4, 0.5) is 0 Å². The number of methoxy groups -OCH3 is 1. The monoisotopic (exact) mass is 317 g/mol. The molecule has 0 saturated carbocycles. The van der Waals surface area contributed by atoms with Gasteiger partial charge in [-0.1, -0.05) is 45.0 Å². The van der Waals surface area contributed by atoms with Gasteiger partial charge in [0, 0.05) is 31.7 Å². The maximum absolute atomic E-state index is 12.7. The SMILES string of the molecule is COCC(=O)N1CCC[C@H](C(=O)c2ccc(C(C)(C)C)cc2)C1. The number of carbonyl (C=O) groups excluding carboxylic acids is 2. The lowest BCUT2D eigenvalue weighted by Crippen LogP contribution is -2.43. The van der Waals surface area contributed by atoms with Crippen LogP contribution in [0.15, 0.2) is 24.3 Å². The van der Waals surface area contributed by atoms with Crippen LogP contribution in [0, 0.1) is 5.92 Å². The van der Waals surface area contributed by atoms with Gasteiger partial charge in [0.25, 0.3) is 0 Å². The molecule has 0 aromatic heterocycles. The Morgan fingerprint density at radius 3 is 2.43 bits per heavy atom. The highest BCUT2D eigenvalue weighted by Crippen LogP contribution is 2.25. The van der Waals surface area contributed by atoms with Crippen LogP contribution in [0.2, 0.25) is 0 Å². The van der Waals surface area contributed by atoms with E-state index in [1.165, 1.54) is 12.7 Å². The second kappa shape index (κ2) is 7.26. The molecule has 126 valence electrons. The average molecular weight is 317 g/mol. The van der Waals surface area contributed by atoms with E-state index in [2.05, 4.69) is 20.8 Å². The third-order valence-corrected chi connectivity index (χ3v) is 4.45. The molecule has 1 heterocycles. The minimum atomic E-state index is -0.106. The van der Waals surface area contributed by atoms with Crippen molar-refractivity contribution in [1.29, 1.82) is 0 Å². The summed E-state index contributed by atoms with van der Waals surface area (Å²) < 4.78 is 4.91. The van der Waals surface area contributed by atoms with Crippen molar-refractivity contribution >= 4 is 11.7 Å². The number of hydrogen-bond donors (Lipinski definition) is 0. The third-order valence-electron chi connectivity index (χ3n) is 4.45. The number of rotatable bonds is 4. The van der Waals surface area contributed by atoms with Crippen LogP contribution in [-0.4, -0.2) is 43.4 Å². The fourth-order valence-electron chi connectivity index (χ4n) is 3.00. The van der Waals surface area contributed by atoms with Crippen LogP contribution in [0.5, 0.6) is 0 Å². The Balaban J connectivity index is 2.06. The predicted molar refractivity (Wildman–Crippen MR) is 90.7 cm³/mol. The summed E-state index contributed by atoms with van der Waals surface area (Å²) >= 11 is 0. The average Bonchev–Trinajstić information content (AvgIpc) is 2.54. The lowest BCUT2D eigenvalue weighted by molar-refractivity contribution is -0.136. The van der Waals surface area contributed by atoms with Gasteiger partial charge >= 0.3 is 0 Å². The van der Waals surface area contributed by atoms with Gasteiger partial charge in [-0.05, 0) is 23.8 Å². The number of hydrogen-bond acceptors (Lipinski definition) is 3. The molecular weight excluding hydrogens is 290 g/mol. The molecule has 0 aliphatic carbocycles. The molecule has 2 rings (SSSR count). The van der Waals surface area contributed by atoms with Crippen molar-refractivity contribution < 1.29 is 14.3 Å². The van der Waals surface area contributed by atoms with Crippen molar-refractivity contribution in [3.63, 3.8) is 0 Å². The Morgan fingerprint density at radius 1 is 1.22 bits per heavy atom. The molecule has 1 aromatic carbocycles. The zero-order valence-electron chi connectivity index (χ0n) is 14.6. The summed E-state index contributed by atoms with van der Waals surface area (Å²) in [6.07, 6.45) is 1.71. The number of ether oxygens (including phenoxy) is 1. The summed E-state index contributed by atoms with van der Waals surface area (Å²) in [4.78, 5) is 26.4. The lowest BCUT2D eigenvalue weighted by Gasteiger charge is -2.32. The van der Waals surface area contributed by atoms with Gasteiger partial charge in [-0.25, -0.2) is 0 Å². The summed E-state index contributed by atoms with van der Waals surface area (Å²) in [5, 5.41) is 0. The number of amides is 1. The van der Waals surface area contributed by atoms with E-state index in [4.69, 9.17) is 4.74 Å². The number of nitrogens with zero attached hydrogens (tertiary/aromatic N) is 1. The van der Waals surface area contributed by atoms with Gasteiger partial charge in [0.2, 0.25) is 5.91 Å². The molecule has 0 bridgehead atoms. The first kappa shape index (κ1) is 17.7. The largest absolute Gasteiger partial charge is 0.375 e. The molecule has 4 nitrogen and oxygen atoms in total. The summed E-state index contributed by atoms with van der Waals surface area (Å²) in [5.41, 5.74) is 2.04. The normalized spacial score (nSPS) is 18.8. The second-order valence-electron chi connectivity index (χ2n) is 7.30. The highest BCUT2D eigenvalue weighted by molar-refractivity contribution is 5.98. The molecule has 0 unspecified atom stereocenters. The van der Waals surface area contributed by atoms with E-state index in [-0.39, 0.29) is 29.6 Å². The number of likely N-dealkylation sites (tertiary alicyclic amines) is 1. The smallest absolute Gasteiger partial charge is 0.248 e. The number of piperidine rings is 1. The molecule has 1 saturated heterocycles. The van der Waals surface area contributed by atoms with Crippen LogP contribution in [-0.2, 0) is 14.9 Å². The van der Waals surface area contributed by atoms with Gasteiger partial charge in [-0.15, -0.1) is 0 Å². The third kappa shape index (κ3) is 4.41. The van der Waals surface area contributed by atoms with Gasteiger partial charge in [0.05, 0.1) is 0 Å². The van der Waals surface area contributed by atoms with E-state index in [9.17, 15) is 9.59 Å². The Hall–Kier alpha value is -1.68. The second-order valence-corrected chi connectivity index (χ2v) is 7.30. The number of Topliss-reactive ketones (excluding diaryl/α,β-unsaturated/α-hetero) is 1. The highest BCUT2D eigenvalue weighted by Gasteiger charge is 2.29. The zero-order valence-corrected chi connectivity index (χ0v) is 14.6. The van der Waals surface area contributed by atoms with Crippen LogP contribution < -0.4 is 0 Å². The molecular formula is C19H27NO3. The van der Waals surface area contributed by atoms with Crippen molar-refractivity contribution in [2.75, 3.05) is 26.8 Å². The van der Waals surface area contributed by atoms with Gasteiger partial charge < -0.3 is 9.64 Å². The van der Waals surface area contributed by atoms with Crippen LogP contribution in [0.25, 0.3) is 0 Å². The first-order valence-corrected chi connectivity index (χ1v) is 8.24. The van der Waals surface area contributed by atoms with E-state index in [0.29, 0.717) is 6.54 Å². The van der Waals surface area contributed by atoms with Crippen LogP contribution in [0.1, 0.15) is 49.5 Å². The van der Waals surface area contributed by atoms with Gasteiger partial charge in [0.1, 0.15) is 6.61 Å². The zero-order chi connectivity index (χ0) is 17.0. The molecule has 0 N–H and O–H groups in total. The van der Waals surface area contributed by atoms with E-state index in [1.54, 1.807) is 4.90 Å². The van der Waals surface area contributed by atoms with Crippen LogP contribution in [0.3, 0.4) is 0 Å². The minimum absolute atomic E-state index is 0.0342. The molecule has 23 heavy (non-hydrogen) atoms. The van der Waals surface area contributed by atoms with Crippen molar-refractivity contribution in [2.24, 2.45) is 5.92 Å². The Kier molecular flexibility index (Phi) is 5.58. The van der Waals surface area contributed by atoms with Crippen LogP contribution >= 0.6 is 0 Å². The topological polar surface area (TPSA) is 46.6 Å². The first-order chi connectivity index (χ1) is 10.8. The van der Waals surface area contributed by atoms with Crippen molar-refractivity contribution in [3.05, 3.63) is 35.4 Å². The molecule has 1 aromatic rings. The van der Waals surface area contributed by atoms with Crippen molar-refractivity contribution in [1.82, 2.24) is 4.90 Å². The molecule has 1 amide bonds. The number of carbonyl (C=O) groups is 2. The van der Waals surface area contributed by atoms with E-state index in [1.807, 2.05) is 24.3 Å². The summed E-state index contributed by atoms with van der Waals surface area (Å²) in [6.45, 7) is 7.77. The van der Waals surface area contributed by atoms with Gasteiger partial charge in [-0.2, -0.15) is 0 Å². The summed E-state index contributed by atoms with van der Waals surface area (Å²) in [7, 11) is 1.52. The molecule has 1 atom stereocenters. The van der Waals surface area contributed by atoms with E-state index < -0.39 is 0 Å². The molecule has 0 spiro atoms. The molecule has 1 aliphatic rings. The van der Waals surface area contributed by atoms with Crippen molar-refractivity contribution in [2.45, 2.75) is 39.0 Å². The first-order valence-electron chi connectivity index (χ1n) is 8.24. The fourth-order valence-corrected chi connectivity index (χ4v) is 3.00. The van der Waals surface area contributed by atoms with Gasteiger partial charge in [-0.3, -0.25) is 9.59 Å². The Bertz CT molecular complexity index is 557. The standard InChI is InChI=1S/C19H27NO3/c1-19(2,3)16-9-7-14(8-10-16)18(22)15-6-5-11-20(12-15)17(21)13-23-4/h7-10,15H,5-6,11-13H2,1-4H3/t15-/m0/s1. The van der Waals surface area contributed by atoms with E-state index >= 15 is 0 Å². The van der Waals surface area contributed by atoms with E-state index in [0.717, 1.165) is 24.9 Å². The maximum Gasteiger partial charge on any atom is 0.248 e. The van der Waals surface area contributed by atoms with Crippen molar-refractivity contribution in [3.8, 4) is 0 Å².